The number of piperidine rings is 1. The van der Waals surface area contributed by atoms with Crippen LogP contribution in [0, 0.1) is 0 Å². The Labute approximate surface area is 166 Å². The van der Waals surface area contributed by atoms with Gasteiger partial charge in [0.05, 0.1) is 6.42 Å². The summed E-state index contributed by atoms with van der Waals surface area (Å²) in [7, 11) is 0. The fraction of sp³-hybridized carbons (Fsp3) is 0.571. The molecule has 1 aromatic carbocycles. The zero-order valence-corrected chi connectivity index (χ0v) is 16.3. The number of hydrogen-bond donors (Lipinski definition) is 3. The minimum atomic E-state index is -0.0509. The van der Waals surface area contributed by atoms with Crippen LogP contribution >= 0.6 is 0 Å². The second-order valence-electron chi connectivity index (χ2n) is 7.65. The number of benzene rings is 1. The van der Waals surface area contributed by atoms with Crippen molar-refractivity contribution in [2.75, 3.05) is 25.0 Å². The monoisotopic (exact) mass is 386 g/mol. The van der Waals surface area contributed by atoms with Crippen LogP contribution in [0.15, 0.2) is 18.2 Å². The van der Waals surface area contributed by atoms with Gasteiger partial charge in [0.15, 0.2) is 0 Å². The van der Waals surface area contributed by atoms with Crippen LogP contribution in [0.3, 0.4) is 0 Å². The van der Waals surface area contributed by atoms with Gasteiger partial charge in [-0.1, -0.05) is 12.1 Å². The highest BCUT2D eigenvalue weighted by Crippen LogP contribution is 2.25. The molecule has 1 unspecified atom stereocenters. The summed E-state index contributed by atoms with van der Waals surface area (Å²) in [6.45, 7) is 1.62. The number of carbonyl (C=O) groups is 3. The number of fused-ring (bicyclic) bond motifs is 1. The molecule has 7 heteroatoms. The van der Waals surface area contributed by atoms with E-state index in [1.807, 2.05) is 17.0 Å². The van der Waals surface area contributed by atoms with Gasteiger partial charge in [-0.05, 0) is 49.3 Å². The predicted octanol–water partition coefficient (Wildman–Crippen LogP) is 1.35. The molecule has 2 heterocycles. The molecule has 3 rings (SSSR count). The van der Waals surface area contributed by atoms with Crippen molar-refractivity contribution >= 4 is 23.4 Å². The van der Waals surface area contributed by atoms with Gasteiger partial charge in [0.25, 0.3) is 0 Å². The summed E-state index contributed by atoms with van der Waals surface area (Å²) >= 11 is 0. The summed E-state index contributed by atoms with van der Waals surface area (Å²) in [5.74, 6) is 0.151. The molecule has 0 aromatic heterocycles. The Kier molecular flexibility index (Phi) is 7.03. The summed E-state index contributed by atoms with van der Waals surface area (Å²) in [4.78, 5) is 37.8. The number of likely N-dealkylation sites (tertiary alicyclic amines) is 1. The van der Waals surface area contributed by atoms with Gasteiger partial charge in [-0.15, -0.1) is 0 Å². The average Bonchev–Trinajstić information content (AvgIpc) is 3.06. The Hall–Kier alpha value is -2.41. The molecule has 1 fully saturated rings. The van der Waals surface area contributed by atoms with Crippen LogP contribution in [0.5, 0.6) is 0 Å². The highest BCUT2D eigenvalue weighted by Gasteiger charge is 2.26. The highest BCUT2D eigenvalue weighted by molar-refractivity contribution is 5.99. The minimum absolute atomic E-state index is 0.0389. The molecule has 0 bridgehead atoms. The molecule has 0 spiro atoms. The van der Waals surface area contributed by atoms with Crippen molar-refractivity contribution < 1.29 is 14.4 Å². The standard InChI is InChI=1S/C21H30N4O3/c22-10-9-19(26)23-14-17-5-1-2-11-25(17)21(28)6-3-4-15-7-8-18-16(12-15)13-20(27)24-18/h7-8,12,17H,1-6,9-11,13-14,22H2,(H,23,26)(H,24,27). The van der Waals surface area contributed by atoms with Crippen LogP contribution in [0.1, 0.15) is 49.7 Å². The molecule has 0 saturated carbocycles. The first-order valence-electron chi connectivity index (χ1n) is 10.2. The lowest BCUT2D eigenvalue weighted by molar-refractivity contribution is -0.135. The highest BCUT2D eigenvalue weighted by atomic mass is 16.2. The van der Waals surface area contributed by atoms with Gasteiger partial charge < -0.3 is 21.3 Å². The lowest BCUT2D eigenvalue weighted by Gasteiger charge is -2.36. The van der Waals surface area contributed by atoms with E-state index < -0.39 is 0 Å². The summed E-state index contributed by atoms with van der Waals surface area (Å²) in [6, 6.07) is 6.11. The quantitative estimate of drug-likeness (QED) is 0.627. The number of nitrogens with two attached hydrogens (primary N) is 1. The van der Waals surface area contributed by atoms with Gasteiger partial charge in [-0.2, -0.15) is 0 Å². The molecule has 152 valence electrons. The molecular formula is C21H30N4O3. The Morgan fingerprint density at radius 3 is 2.93 bits per heavy atom. The largest absolute Gasteiger partial charge is 0.354 e. The van der Waals surface area contributed by atoms with Crippen LogP contribution < -0.4 is 16.4 Å². The van der Waals surface area contributed by atoms with Crippen LogP contribution in [0.4, 0.5) is 5.69 Å². The average molecular weight is 386 g/mol. The van der Waals surface area contributed by atoms with Crippen molar-refractivity contribution in [2.24, 2.45) is 5.73 Å². The van der Waals surface area contributed by atoms with Crippen molar-refractivity contribution in [3.63, 3.8) is 0 Å². The molecule has 1 saturated heterocycles. The predicted molar refractivity (Wildman–Crippen MR) is 108 cm³/mol. The van der Waals surface area contributed by atoms with Crippen LogP contribution in [-0.2, 0) is 27.2 Å². The zero-order valence-electron chi connectivity index (χ0n) is 16.3. The van der Waals surface area contributed by atoms with E-state index in [1.54, 1.807) is 0 Å². The SMILES string of the molecule is NCCC(=O)NCC1CCCCN1C(=O)CCCc1ccc2c(c1)CC(=O)N2. The maximum absolute atomic E-state index is 12.7. The Morgan fingerprint density at radius 1 is 1.25 bits per heavy atom. The minimum Gasteiger partial charge on any atom is -0.354 e. The first-order chi connectivity index (χ1) is 13.6. The molecule has 1 aromatic rings. The third kappa shape index (κ3) is 5.32. The third-order valence-corrected chi connectivity index (χ3v) is 5.50. The summed E-state index contributed by atoms with van der Waals surface area (Å²) in [5.41, 5.74) is 8.51. The number of rotatable bonds is 8. The van der Waals surface area contributed by atoms with E-state index in [0.29, 0.717) is 32.4 Å². The molecule has 4 N–H and O–H groups in total. The van der Waals surface area contributed by atoms with Crippen molar-refractivity contribution in [2.45, 2.75) is 57.4 Å². The smallest absolute Gasteiger partial charge is 0.228 e. The van der Waals surface area contributed by atoms with E-state index in [4.69, 9.17) is 5.73 Å². The van der Waals surface area contributed by atoms with E-state index in [1.165, 1.54) is 0 Å². The molecular weight excluding hydrogens is 356 g/mol. The van der Waals surface area contributed by atoms with Gasteiger partial charge >= 0.3 is 0 Å². The number of amides is 3. The molecule has 0 radical (unpaired) electrons. The molecule has 2 aliphatic rings. The van der Waals surface area contributed by atoms with Crippen LogP contribution in [0.25, 0.3) is 0 Å². The van der Waals surface area contributed by atoms with E-state index in [0.717, 1.165) is 55.5 Å². The molecule has 1 atom stereocenters. The van der Waals surface area contributed by atoms with E-state index >= 15 is 0 Å². The number of anilines is 1. The first kappa shape index (κ1) is 20.3. The molecule has 2 aliphatic heterocycles. The van der Waals surface area contributed by atoms with E-state index in [-0.39, 0.29) is 23.8 Å². The van der Waals surface area contributed by atoms with Gasteiger partial charge in [-0.25, -0.2) is 0 Å². The summed E-state index contributed by atoms with van der Waals surface area (Å²) in [6.07, 6.45) is 5.90. The Morgan fingerprint density at radius 2 is 2.11 bits per heavy atom. The fourth-order valence-electron chi connectivity index (χ4n) is 4.02. The fourth-order valence-corrected chi connectivity index (χ4v) is 4.02. The topological polar surface area (TPSA) is 105 Å². The Bertz CT molecular complexity index is 734. The lowest BCUT2D eigenvalue weighted by atomic mass is 10.00. The van der Waals surface area contributed by atoms with Crippen molar-refractivity contribution in [3.05, 3.63) is 29.3 Å². The van der Waals surface area contributed by atoms with Crippen molar-refractivity contribution in [3.8, 4) is 0 Å². The van der Waals surface area contributed by atoms with E-state index in [2.05, 4.69) is 16.7 Å². The van der Waals surface area contributed by atoms with Gasteiger partial charge in [-0.3, -0.25) is 14.4 Å². The summed E-state index contributed by atoms with van der Waals surface area (Å²) < 4.78 is 0. The Balaban J connectivity index is 1.47. The number of nitrogens with one attached hydrogen (secondary N) is 2. The van der Waals surface area contributed by atoms with Gasteiger partial charge in [0, 0.05) is 44.2 Å². The number of carbonyl (C=O) groups excluding carboxylic acids is 3. The lowest BCUT2D eigenvalue weighted by Crippen LogP contribution is -2.49. The molecule has 0 aliphatic carbocycles. The normalized spacial score (nSPS) is 18.5. The molecule has 28 heavy (non-hydrogen) atoms. The second kappa shape index (κ2) is 9.68. The zero-order chi connectivity index (χ0) is 19.9. The van der Waals surface area contributed by atoms with Crippen molar-refractivity contribution in [1.82, 2.24) is 10.2 Å². The number of aryl methyl sites for hydroxylation is 1. The van der Waals surface area contributed by atoms with Crippen LogP contribution in [-0.4, -0.2) is 48.3 Å². The van der Waals surface area contributed by atoms with E-state index in [9.17, 15) is 14.4 Å². The number of hydrogen-bond acceptors (Lipinski definition) is 4. The maximum Gasteiger partial charge on any atom is 0.228 e. The first-order valence-corrected chi connectivity index (χ1v) is 10.2. The third-order valence-electron chi connectivity index (χ3n) is 5.50. The maximum atomic E-state index is 12.7. The number of nitrogens with zero attached hydrogens (tertiary/aromatic N) is 1. The summed E-state index contributed by atoms with van der Waals surface area (Å²) in [5, 5.41) is 5.74. The second-order valence-corrected chi connectivity index (χ2v) is 7.65. The molecule has 3 amide bonds. The molecule has 7 nitrogen and oxygen atoms in total. The van der Waals surface area contributed by atoms with Crippen molar-refractivity contribution in [1.29, 1.82) is 0 Å². The van der Waals surface area contributed by atoms with Gasteiger partial charge in [0.2, 0.25) is 17.7 Å². The van der Waals surface area contributed by atoms with Crippen LogP contribution in [0.2, 0.25) is 0 Å². The van der Waals surface area contributed by atoms with Gasteiger partial charge in [0.1, 0.15) is 0 Å².